The summed E-state index contributed by atoms with van der Waals surface area (Å²) in [5, 5.41) is 3.55. The van der Waals surface area contributed by atoms with Gasteiger partial charge in [-0.1, -0.05) is 24.4 Å². The molecule has 1 N–H and O–H groups in total. The first-order valence-corrected chi connectivity index (χ1v) is 7.35. The predicted octanol–water partition coefficient (Wildman–Crippen LogP) is 4.51. The molecule has 98 valence electrons. The second-order valence-electron chi connectivity index (χ2n) is 4.46. The van der Waals surface area contributed by atoms with Gasteiger partial charge in [-0.25, -0.2) is 4.79 Å². The van der Waals surface area contributed by atoms with E-state index in [2.05, 4.69) is 21.2 Å². The van der Waals surface area contributed by atoms with Gasteiger partial charge in [0.1, 0.15) is 0 Å². The maximum Gasteiger partial charge on any atom is 0.321 e. The topological polar surface area (TPSA) is 32.3 Å². The Labute approximate surface area is 121 Å². The minimum absolute atomic E-state index is 0.0221. The maximum atomic E-state index is 12.1. The van der Waals surface area contributed by atoms with Crippen molar-refractivity contribution in [1.29, 1.82) is 0 Å². The van der Waals surface area contributed by atoms with Crippen molar-refractivity contribution in [3.05, 3.63) is 27.7 Å². The Morgan fingerprint density at radius 2 is 1.89 bits per heavy atom. The van der Waals surface area contributed by atoms with Crippen LogP contribution in [0.2, 0.25) is 5.02 Å². The predicted molar refractivity (Wildman–Crippen MR) is 78.2 cm³/mol. The Morgan fingerprint density at radius 1 is 1.22 bits per heavy atom. The lowest BCUT2D eigenvalue weighted by Crippen LogP contribution is -2.35. The summed E-state index contributed by atoms with van der Waals surface area (Å²) in [6.07, 6.45) is 4.63. The number of hydrogen-bond acceptors (Lipinski definition) is 1. The number of likely N-dealkylation sites (tertiary alicyclic amines) is 1. The lowest BCUT2D eigenvalue weighted by atomic mass is 10.2. The molecule has 0 saturated carbocycles. The van der Waals surface area contributed by atoms with Gasteiger partial charge in [-0.2, -0.15) is 0 Å². The molecule has 1 aromatic carbocycles. The average Bonchev–Trinajstić information content (AvgIpc) is 2.62. The SMILES string of the molecule is O=C(Nc1ccc(Cl)c(Br)c1)N1CCCCCC1. The van der Waals surface area contributed by atoms with Crippen LogP contribution in [0.25, 0.3) is 0 Å². The molecule has 1 fully saturated rings. The summed E-state index contributed by atoms with van der Waals surface area (Å²) in [6, 6.07) is 5.37. The first-order valence-electron chi connectivity index (χ1n) is 6.18. The molecule has 0 spiro atoms. The van der Waals surface area contributed by atoms with Gasteiger partial charge in [0, 0.05) is 23.2 Å². The van der Waals surface area contributed by atoms with Crippen LogP contribution in [-0.4, -0.2) is 24.0 Å². The third kappa shape index (κ3) is 3.62. The molecule has 0 unspecified atom stereocenters. The number of hydrogen-bond donors (Lipinski definition) is 1. The molecule has 18 heavy (non-hydrogen) atoms. The van der Waals surface area contributed by atoms with Gasteiger partial charge in [0.2, 0.25) is 0 Å². The van der Waals surface area contributed by atoms with Crippen LogP contribution in [-0.2, 0) is 0 Å². The molecule has 5 heteroatoms. The van der Waals surface area contributed by atoms with Crippen LogP contribution in [0.5, 0.6) is 0 Å². The summed E-state index contributed by atoms with van der Waals surface area (Å²) in [5.74, 6) is 0. The van der Waals surface area contributed by atoms with E-state index in [1.807, 2.05) is 17.0 Å². The van der Waals surface area contributed by atoms with E-state index in [0.717, 1.165) is 36.1 Å². The monoisotopic (exact) mass is 330 g/mol. The zero-order chi connectivity index (χ0) is 13.0. The van der Waals surface area contributed by atoms with Crippen molar-refractivity contribution in [3.8, 4) is 0 Å². The number of amides is 2. The van der Waals surface area contributed by atoms with Crippen molar-refractivity contribution >= 4 is 39.2 Å². The summed E-state index contributed by atoms with van der Waals surface area (Å²) in [6.45, 7) is 1.70. The molecular weight excluding hydrogens is 316 g/mol. The number of rotatable bonds is 1. The summed E-state index contributed by atoms with van der Waals surface area (Å²) in [5.41, 5.74) is 0.764. The Morgan fingerprint density at radius 3 is 2.50 bits per heavy atom. The number of nitrogens with zero attached hydrogens (tertiary/aromatic N) is 1. The van der Waals surface area contributed by atoms with Gasteiger partial charge in [0.05, 0.1) is 5.02 Å². The molecule has 2 amide bonds. The minimum Gasteiger partial charge on any atom is -0.325 e. The highest BCUT2D eigenvalue weighted by Gasteiger charge is 2.15. The molecule has 1 aliphatic rings. The van der Waals surface area contributed by atoms with Crippen LogP contribution in [0.4, 0.5) is 10.5 Å². The van der Waals surface area contributed by atoms with E-state index in [0.29, 0.717) is 5.02 Å². The van der Waals surface area contributed by atoms with E-state index in [1.165, 1.54) is 12.8 Å². The van der Waals surface area contributed by atoms with Gasteiger partial charge in [0.25, 0.3) is 0 Å². The third-order valence-corrected chi connectivity index (χ3v) is 4.28. The summed E-state index contributed by atoms with van der Waals surface area (Å²) >= 11 is 9.27. The van der Waals surface area contributed by atoms with E-state index in [-0.39, 0.29) is 6.03 Å². The largest absolute Gasteiger partial charge is 0.325 e. The van der Waals surface area contributed by atoms with E-state index < -0.39 is 0 Å². The van der Waals surface area contributed by atoms with Gasteiger partial charge >= 0.3 is 6.03 Å². The molecule has 0 aliphatic carbocycles. The second-order valence-corrected chi connectivity index (χ2v) is 5.72. The van der Waals surface area contributed by atoms with Gasteiger partial charge in [-0.3, -0.25) is 0 Å². The third-order valence-electron chi connectivity index (χ3n) is 3.06. The fourth-order valence-electron chi connectivity index (χ4n) is 2.05. The summed E-state index contributed by atoms with van der Waals surface area (Å²) < 4.78 is 0.790. The lowest BCUT2D eigenvalue weighted by molar-refractivity contribution is 0.214. The lowest BCUT2D eigenvalue weighted by Gasteiger charge is -2.20. The number of carbonyl (C=O) groups excluding carboxylic acids is 1. The first kappa shape index (κ1) is 13.7. The van der Waals surface area contributed by atoms with Crippen LogP contribution in [0.1, 0.15) is 25.7 Å². The van der Waals surface area contributed by atoms with Crippen LogP contribution >= 0.6 is 27.5 Å². The molecule has 1 saturated heterocycles. The molecule has 0 radical (unpaired) electrons. The van der Waals surface area contributed by atoms with E-state index >= 15 is 0 Å². The van der Waals surface area contributed by atoms with E-state index in [9.17, 15) is 4.79 Å². The highest BCUT2D eigenvalue weighted by molar-refractivity contribution is 9.10. The molecule has 1 heterocycles. The molecule has 0 bridgehead atoms. The molecular formula is C13H16BrClN2O. The van der Waals surface area contributed by atoms with Crippen molar-refractivity contribution in [1.82, 2.24) is 4.90 Å². The smallest absolute Gasteiger partial charge is 0.321 e. The van der Waals surface area contributed by atoms with Gasteiger partial charge in [-0.05, 0) is 47.0 Å². The van der Waals surface area contributed by atoms with Crippen LogP contribution in [0.3, 0.4) is 0 Å². The molecule has 1 aromatic rings. The molecule has 1 aliphatic heterocycles. The van der Waals surface area contributed by atoms with Gasteiger partial charge in [-0.15, -0.1) is 0 Å². The van der Waals surface area contributed by atoms with E-state index in [1.54, 1.807) is 6.07 Å². The van der Waals surface area contributed by atoms with Gasteiger partial charge in [0.15, 0.2) is 0 Å². The zero-order valence-electron chi connectivity index (χ0n) is 10.1. The van der Waals surface area contributed by atoms with Gasteiger partial charge < -0.3 is 10.2 Å². The number of urea groups is 1. The van der Waals surface area contributed by atoms with Crippen molar-refractivity contribution < 1.29 is 4.79 Å². The summed E-state index contributed by atoms with van der Waals surface area (Å²) in [7, 11) is 0. The quantitative estimate of drug-likeness (QED) is 0.806. The van der Waals surface area contributed by atoms with Crippen molar-refractivity contribution in [2.75, 3.05) is 18.4 Å². The average molecular weight is 332 g/mol. The standard InChI is InChI=1S/C13H16BrClN2O/c14-11-9-10(5-6-12(11)15)16-13(18)17-7-3-1-2-4-8-17/h5-6,9H,1-4,7-8H2,(H,16,18). The number of anilines is 1. The highest BCUT2D eigenvalue weighted by Crippen LogP contribution is 2.25. The Hall–Kier alpha value is -0.740. The Balaban J connectivity index is 1.99. The number of carbonyl (C=O) groups is 1. The van der Waals surface area contributed by atoms with E-state index in [4.69, 9.17) is 11.6 Å². The van der Waals surface area contributed by atoms with Crippen molar-refractivity contribution in [2.24, 2.45) is 0 Å². The van der Waals surface area contributed by atoms with Crippen LogP contribution in [0.15, 0.2) is 22.7 Å². The maximum absolute atomic E-state index is 12.1. The Kier molecular flexibility index (Phi) is 4.89. The molecule has 0 atom stereocenters. The molecule has 2 rings (SSSR count). The van der Waals surface area contributed by atoms with Crippen LogP contribution in [0, 0.1) is 0 Å². The Bertz CT molecular complexity index is 431. The molecule has 0 aromatic heterocycles. The van der Waals surface area contributed by atoms with Crippen molar-refractivity contribution in [3.63, 3.8) is 0 Å². The first-order chi connectivity index (χ1) is 8.66. The number of benzene rings is 1. The zero-order valence-corrected chi connectivity index (χ0v) is 12.4. The van der Waals surface area contributed by atoms with Crippen molar-refractivity contribution in [2.45, 2.75) is 25.7 Å². The minimum atomic E-state index is -0.0221. The van der Waals surface area contributed by atoms with Crippen LogP contribution < -0.4 is 5.32 Å². The summed E-state index contributed by atoms with van der Waals surface area (Å²) in [4.78, 5) is 14.0. The normalized spacial score (nSPS) is 16.2. The number of nitrogens with one attached hydrogen (secondary N) is 1. The fourth-order valence-corrected chi connectivity index (χ4v) is 2.55. The fraction of sp³-hybridized carbons (Fsp3) is 0.462. The molecule has 3 nitrogen and oxygen atoms in total. The second kappa shape index (κ2) is 6.43. The number of halogens is 2. The highest BCUT2D eigenvalue weighted by atomic mass is 79.9.